The quantitative estimate of drug-likeness (QED) is 0.723. The number of nitrogens with zero attached hydrogens (tertiary/aromatic N) is 1. The number of hydrogen-bond donors (Lipinski definition) is 1. The molecule has 1 aliphatic rings. The van der Waals surface area contributed by atoms with E-state index in [0.29, 0.717) is 0 Å². The molecule has 3 heteroatoms. The summed E-state index contributed by atoms with van der Waals surface area (Å²) in [5, 5.41) is 3.72. The van der Waals surface area contributed by atoms with Crippen molar-refractivity contribution in [3.8, 4) is 0 Å². The first kappa shape index (κ1) is 14.9. The maximum Gasteiger partial charge on any atom is 0.0593 e. The van der Waals surface area contributed by atoms with E-state index in [1.807, 2.05) is 0 Å². The average molecular weight is 242 g/mol. The van der Waals surface area contributed by atoms with Gasteiger partial charge in [0.25, 0.3) is 0 Å². The molecule has 1 rings (SSSR count). The molecular weight excluding hydrogens is 212 g/mol. The zero-order valence-electron chi connectivity index (χ0n) is 12.3. The van der Waals surface area contributed by atoms with Gasteiger partial charge in [0, 0.05) is 37.3 Å². The molecule has 0 aromatic heterocycles. The van der Waals surface area contributed by atoms with E-state index in [4.69, 9.17) is 4.74 Å². The number of ether oxygens (including phenoxy) is 1. The monoisotopic (exact) mass is 242 g/mol. The fourth-order valence-electron chi connectivity index (χ4n) is 2.44. The Labute approximate surface area is 107 Å². The summed E-state index contributed by atoms with van der Waals surface area (Å²) < 4.78 is 5.51. The van der Waals surface area contributed by atoms with Crippen molar-refractivity contribution < 1.29 is 4.74 Å². The Morgan fingerprint density at radius 2 is 1.88 bits per heavy atom. The summed E-state index contributed by atoms with van der Waals surface area (Å²) in [6, 6.07) is 0. The van der Waals surface area contributed by atoms with Crippen LogP contribution in [0.5, 0.6) is 0 Å². The standard InChI is InChI=1S/C14H30N2O/c1-6-13(4)12-16(9-10-17-8-3)14(5,7-2)11-15-13/h15H,6-12H2,1-5H3. The lowest BCUT2D eigenvalue weighted by Crippen LogP contribution is -2.68. The molecule has 0 aromatic carbocycles. The van der Waals surface area contributed by atoms with Crippen molar-refractivity contribution in [2.75, 3.05) is 32.8 Å². The van der Waals surface area contributed by atoms with Crippen LogP contribution in [-0.2, 0) is 4.74 Å². The number of rotatable bonds is 6. The minimum atomic E-state index is 0.265. The van der Waals surface area contributed by atoms with Crippen LogP contribution in [0.3, 0.4) is 0 Å². The van der Waals surface area contributed by atoms with Gasteiger partial charge in [-0.05, 0) is 33.6 Å². The third-order valence-corrected chi connectivity index (χ3v) is 4.45. The average Bonchev–Trinajstić information content (AvgIpc) is 2.34. The van der Waals surface area contributed by atoms with Crippen molar-refractivity contribution in [3.05, 3.63) is 0 Å². The summed E-state index contributed by atoms with van der Waals surface area (Å²) in [6.07, 6.45) is 2.36. The summed E-state index contributed by atoms with van der Waals surface area (Å²) in [4.78, 5) is 2.61. The molecule has 0 aromatic rings. The van der Waals surface area contributed by atoms with Crippen molar-refractivity contribution in [2.45, 2.75) is 58.5 Å². The Kier molecular flexibility index (Phi) is 5.42. The highest BCUT2D eigenvalue weighted by Crippen LogP contribution is 2.27. The van der Waals surface area contributed by atoms with Gasteiger partial charge in [0.1, 0.15) is 0 Å². The second kappa shape index (κ2) is 6.17. The highest BCUT2D eigenvalue weighted by Gasteiger charge is 2.40. The van der Waals surface area contributed by atoms with Crippen LogP contribution >= 0.6 is 0 Å². The highest BCUT2D eigenvalue weighted by atomic mass is 16.5. The molecule has 0 saturated carbocycles. The third kappa shape index (κ3) is 3.67. The van der Waals surface area contributed by atoms with E-state index in [-0.39, 0.29) is 11.1 Å². The molecule has 1 aliphatic heterocycles. The summed E-state index contributed by atoms with van der Waals surface area (Å²) in [5.74, 6) is 0. The van der Waals surface area contributed by atoms with Crippen LogP contribution in [0.15, 0.2) is 0 Å². The molecule has 2 unspecified atom stereocenters. The molecule has 1 saturated heterocycles. The van der Waals surface area contributed by atoms with Crippen molar-refractivity contribution >= 4 is 0 Å². The van der Waals surface area contributed by atoms with E-state index in [9.17, 15) is 0 Å². The molecule has 0 bridgehead atoms. The van der Waals surface area contributed by atoms with Crippen LogP contribution < -0.4 is 5.32 Å². The highest BCUT2D eigenvalue weighted by molar-refractivity contribution is 5.00. The Bertz CT molecular complexity index is 234. The van der Waals surface area contributed by atoms with Crippen LogP contribution in [0.25, 0.3) is 0 Å². The van der Waals surface area contributed by atoms with E-state index < -0.39 is 0 Å². The summed E-state index contributed by atoms with van der Waals surface area (Å²) in [7, 11) is 0. The SMILES string of the molecule is CCOCCN1CC(C)(CC)NCC1(C)CC. The minimum Gasteiger partial charge on any atom is -0.380 e. The molecule has 0 spiro atoms. The predicted molar refractivity (Wildman–Crippen MR) is 73.5 cm³/mol. The number of piperazine rings is 1. The molecule has 2 atom stereocenters. The maximum absolute atomic E-state index is 5.51. The normalized spacial score (nSPS) is 35.1. The summed E-state index contributed by atoms with van der Waals surface area (Å²) >= 11 is 0. The predicted octanol–water partition coefficient (Wildman–Crippen LogP) is 2.27. The van der Waals surface area contributed by atoms with Crippen molar-refractivity contribution in [3.63, 3.8) is 0 Å². The van der Waals surface area contributed by atoms with Gasteiger partial charge in [-0.2, -0.15) is 0 Å². The van der Waals surface area contributed by atoms with Crippen molar-refractivity contribution in [1.82, 2.24) is 10.2 Å². The Morgan fingerprint density at radius 3 is 2.41 bits per heavy atom. The Morgan fingerprint density at radius 1 is 1.18 bits per heavy atom. The van der Waals surface area contributed by atoms with Crippen LogP contribution in [0.1, 0.15) is 47.5 Å². The van der Waals surface area contributed by atoms with Gasteiger partial charge in [-0.15, -0.1) is 0 Å². The Hall–Kier alpha value is -0.120. The van der Waals surface area contributed by atoms with Gasteiger partial charge < -0.3 is 10.1 Å². The van der Waals surface area contributed by atoms with E-state index in [2.05, 4.69) is 44.8 Å². The van der Waals surface area contributed by atoms with Crippen LogP contribution in [0.2, 0.25) is 0 Å². The largest absolute Gasteiger partial charge is 0.380 e. The van der Waals surface area contributed by atoms with Crippen molar-refractivity contribution in [1.29, 1.82) is 0 Å². The Balaban J connectivity index is 2.63. The van der Waals surface area contributed by atoms with Gasteiger partial charge in [0.15, 0.2) is 0 Å². The van der Waals surface area contributed by atoms with E-state index >= 15 is 0 Å². The van der Waals surface area contributed by atoms with Crippen LogP contribution in [0, 0.1) is 0 Å². The van der Waals surface area contributed by atoms with Gasteiger partial charge >= 0.3 is 0 Å². The maximum atomic E-state index is 5.51. The zero-order valence-corrected chi connectivity index (χ0v) is 12.3. The molecule has 1 fully saturated rings. The van der Waals surface area contributed by atoms with Crippen molar-refractivity contribution in [2.24, 2.45) is 0 Å². The van der Waals surface area contributed by atoms with E-state index in [1.54, 1.807) is 0 Å². The minimum absolute atomic E-state index is 0.265. The fraction of sp³-hybridized carbons (Fsp3) is 1.00. The topological polar surface area (TPSA) is 24.5 Å². The third-order valence-electron chi connectivity index (χ3n) is 4.45. The molecule has 102 valence electrons. The van der Waals surface area contributed by atoms with Gasteiger partial charge in [-0.3, -0.25) is 4.90 Å². The van der Waals surface area contributed by atoms with Gasteiger partial charge in [0.2, 0.25) is 0 Å². The molecule has 1 N–H and O–H groups in total. The van der Waals surface area contributed by atoms with Crippen LogP contribution in [-0.4, -0.2) is 48.8 Å². The molecule has 0 radical (unpaired) electrons. The number of nitrogens with one attached hydrogen (secondary N) is 1. The first-order valence-electron chi connectivity index (χ1n) is 7.07. The van der Waals surface area contributed by atoms with Gasteiger partial charge in [0.05, 0.1) is 6.61 Å². The molecule has 3 nitrogen and oxygen atoms in total. The lowest BCUT2D eigenvalue weighted by Gasteiger charge is -2.52. The molecule has 17 heavy (non-hydrogen) atoms. The van der Waals surface area contributed by atoms with Crippen LogP contribution in [0.4, 0.5) is 0 Å². The molecule has 0 amide bonds. The molecule has 0 aliphatic carbocycles. The first-order chi connectivity index (χ1) is 7.99. The molecule has 1 heterocycles. The lowest BCUT2D eigenvalue weighted by molar-refractivity contribution is -0.00426. The summed E-state index contributed by atoms with van der Waals surface area (Å²) in [6.45, 7) is 16.2. The fourth-order valence-corrected chi connectivity index (χ4v) is 2.44. The summed E-state index contributed by atoms with van der Waals surface area (Å²) in [5.41, 5.74) is 0.548. The second-order valence-electron chi connectivity index (χ2n) is 5.74. The smallest absolute Gasteiger partial charge is 0.0593 e. The van der Waals surface area contributed by atoms with Gasteiger partial charge in [-0.25, -0.2) is 0 Å². The van der Waals surface area contributed by atoms with E-state index in [0.717, 1.165) is 32.8 Å². The lowest BCUT2D eigenvalue weighted by atomic mass is 9.86. The first-order valence-corrected chi connectivity index (χ1v) is 7.07. The van der Waals surface area contributed by atoms with Gasteiger partial charge in [-0.1, -0.05) is 13.8 Å². The molecular formula is C14H30N2O. The zero-order chi connectivity index (χ0) is 12.9. The number of hydrogen-bond acceptors (Lipinski definition) is 3. The van der Waals surface area contributed by atoms with E-state index in [1.165, 1.54) is 12.8 Å². The second-order valence-corrected chi connectivity index (χ2v) is 5.74.